The Hall–Kier alpha value is -3.44. The zero-order valence-electron chi connectivity index (χ0n) is 20.4. The molecule has 0 amide bonds. The minimum Gasteiger partial charge on any atom is -0.414 e. The van der Waals surface area contributed by atoms with E-state index in [4.69, 9.17) is 10.2 Å². The van der Waals surface area contributed by atoms with Crippen LogP contribution in [0.1, 0.15) is 25.8 Å². The second-order valence-corrected chi connectivity index (χ2v) is 10.1. The molecule has 4 aromatic rings. The smallest absolute Gasteiger partial charge is 0.270 e. The van der Waals surface area contributed by atoms with Gasteiger partial charge in [0, 0.05) is 28.8 Å². The number of nitrogens with zero attached hydrogens (tertiary/aromatic N) is 4. The number of hydrogen-bond acceptors (Lipinski definition) is 8. The second kappa shape index (κ2) is 12.2. The third-order valence-electron chi connectivity index (χ3n) is 5.45. The summed E-state index contributed by atoms with van der Waals surface area (Å²) in [5.41, 5.74) is 8.34. The molecule has 0 radical (unpaired) electrons. The van der Waals surface area contributed by atoms with Gasteiger partial charge in [-0.2, -0.15) is 0 Å². The first-order chi connectivity index (χ1) is 17.8. The van der Waals surface area contributed by atoms with Crippen LogP contribution in [0, 0.1) is 5.82 Å². The Balaban J connectivity index is 1.52. The summed E-state index contributed by atoms with van der Waals surface area (Å²) < 4.78 is 46.0. The van der Waals surface area contributed by atoms with Gasteiger partial charge in [-0.1, -0.05) is 25.1 Å². The number of thioether (sulfide) groups is 1. The SMILES string of the molecule is CC(F)CNCc1ccc(-c2nnc(-c3nc(-c4ccc(SC(C)CCF)cc4)cnc3N)o2)c(F)c1. The zero-order chi connectivity index (χ0) is 26.4. The molecule has 7 nitrogen and oxygen atoms in total. The van der Waals surface area contributed by atoms with Gasteiger partial charge in [-0.25, -0.2) is 18.7 Å². The maximum Gasteiger partial charge on any atom is 0.270 e. The molecule has 0 aliphatic rings. The molecule has 0 fully saturated rings. The van der Waals surface area contributed by atoms with E-state index in [1.165, 1.54) is 19.1 Å². The van der Waals surface area contributed by atoms with E-state index in [2.05, 4.69) is 25.5 Å². The first-order valence-electron chi connectivity index (χ1n) is 11.8. The van der Waals surface area contributed by atoms with Crippen LogP contribution in [0.3, 0.4) is 0 Å². The van der Waals surface area contributed by atoms with Crippen LogP contribution in [0.25, 0.3) is 34.3 Å². The van der Waals surface area contributed by atoms with Crippen LogP contribution >= 0.6 is 11.8 Å². The van der Waals surface area contributed by atoms with E-state index in [1.54, 1.807) is 24.0 Å². The van der Waals surface area contributed by atoms with Crippen LogP contribution in [0.15, 0.2) is 58.0 Å². The highest BCUT2D eigenvalue weighted by Crippen LogP contribution is 2.31. The molecule has 37 heavy (non-hydrogen) atoms. The number of alkyl halides is 2. The molecule has 0 spiro atoms. The van der Waals surface area contributed by atoms with Crippen LogP contribution in [-0.2, 0) is 6.54 Å². The lowest BCUT2D eigenvalue weighted by atomic mass is 10.1. The van der Waals surface area contributed by atoms with Gasteiger partial charge in [0.15, 0.2) is 11.5 Å². The van der Waals surface area contributed by atoms with Gasteiger partial charge >= 0.3 is 0 Å². The molecule has 2 unspecified atom stereocenters. The Labute approximate surface area is 217 Å². The maximum absolute atomic E-state index is 14.8. The third-order valence-corrected chi connectivity index (χ3v) is 6.63. The molecular formula is C26H27F3N6OS. The van der Waals surface area contributed by atoms with Crippen LogP contribution in [0.5, 0.6) is 0 Å². The van der Waals surface area contributed by atoms with Gasteiger partial charge in [0.05, 0.1) is 24.1 Å². The summed E-state index contributed by atoms with van der Waals surface area (Å²) in [6, 6.07) is 12.2. The Morgan fingerprint density at radius 2 is 1.84 bits per heavy atom. The monoisotopic (exact) mass is 528 g/mol. The highest BCUT2D eigenvalue weighted by Gasteiger charge is 2.19. The molecule has 0 saturated heterocycles. The van der Waals surface area contributed by atoms with Crippen molar-refractivity contribution in [2.24, 2.45) is 0 Å². The number of nitrogens with one attached hydrogen (secondary N) is 1. The van der Waals surface area contributed by atoms with Crippen LogP contribution in [0.2, 0.25) is 0 Å². The van der Waals surface area contributed by atoms with Crippen molar-refractivity contribution >= 4 is 17.6 Å². The fourth-order valence-electron chi connectivity index (χ4n) is 3.53. The summed E-state index contributed by atoms with van der Waals surface area (Å²) in [5, 5.41) is 11.1. The standard InChI is InChI=1S/C26H27F3N6OS/c1-15(28)12-31-13-17-3-8-20(21(29)11-17)25-34-35-26(36-25)23-24(30)32-14-22(33-23)18-4-6-19(7-5-18)37-16(2)9-10-27/h3-8,11,14-16,31H,9-10,12-13H2,1-2H3,(H2,30,32). The zero-order valence-corrected chi connectivity index (χ0v) is 21.2. The first-order valence-corrected chi connectivity index (χ1v) is 12.6. The topological polar surface area (TPSA) is 103 Å². The molecule has 2 heterocycles. The van der Waals surface area contributed by atoms with E-state index >= 15 is 0 Å². The third kappa shape index (κ3) is 6.86. The number of anilines is 1. The van der Waals surface area contributed by atoms with Gasteiger partial charge < -0.3 is 15.5 Å². The minimum atomic E-state index is -0.990. The molecule has 0 saturated carbocycles. The minimum absolute atomic E-state index is 0.0103. The van der Waals surface area contributed by atoms with Gasteiger partial charge in [0.1, 0.15) is 12.0 Å². The summed E-state index contributed by atoms with van der Waals surface area (Å²) in [5.74, 6) is -0.472. The van der Waals surface area contributed by atoms with Crippen molar-refractivity contribution in [3.63, 3.8) is 0 Å². The molecular weight excluding hydrogens is 501 g/mol. The van der Waals surface area contributed by atoms with E-state index in [-0.39, 0.29) is 47.3 Å². The van der Waals surface area contributed by atoms with Crippen molar-refractivity contribution in [1.82, 2.24) is 25.5 Å². The van der Waals surface area contributed by atoms with E-state index in [9.17, 15) is 13.2 Å². The largest absolute Gasteiger partial charge is 0.414 e. The van der Waals surface area contributed by atoms with Gasteiger partial charge in [-0.05, 0) is 43.2 Å². The molecule has 2 aromatic carbocycles. The van der Waals surface area contributed by atoms with Crippen molar-refractivity contribution < 1.29 is 17.6 Å². The molecule has 0 aliphatic heterocycles. The highest BCUT2D eigenvalue weighted by molar-refractivity contribution is 7.99. The van der Waals surface area contributed by atoms with Crippen molar-refractivity contribution in [3.05, 3.63) is 60.0 Å². The van der Waals surface area contributed by atoms with E-state index in [1.807, 2.05) is 31.2 Å². The van der Waals surface area contributed by atoms with Crippen molar-refractivity contribution in [1.29, 1.82) is 0 Å². The summed E-state index contributed by atoms with van der Waals surface area (Å²) in [6.45, 7) is 3.60. The average Bonchev–Trinajstić information content (AvgIpc) is 3.34. The molecule has 2 aromatic heterocycles. The summed E-state index contributed by atoms with van der Waals surface area (Å²) in [7, 11) is 0. The predicted molar refractivity (Wildman–Crippen MR) is 139 cm³/mol. The van der Waals surface area contributed by atoms with E-state index in [0.717, 1.165) is 10.5 Å². The molecule has 0 bridgehead atoms. The fraction of sp³-hybridized carbons (Fsp3) is 0.308. The number of halogens is 3. The summed E-state index contributed by atoms with van der Waals surface area (Å²) in [6.07, 6.45) is 1.05. The maximum atomic E-state index is 14.8. The van der Waals surface area contributed by atoms with Gasteiger partial charge in [0.25, 0.3) is 11.8 Å². The second-order valence-electron chi connectivity index (χ2n) is 8.56. The average molecular weight is 529 g/mol. The van der Waals surface area contributed by atoms with E-state index < -0.39 is 12.0 Å². The molecule has 11 heteroatoms. The number of nitrogen functional groups attached to an aromatic ring is 1. The summed E-state index contributed by atoms with van der Waals surface area (Å²) >= 11 is 1.60. The fourth-order valence-corrected chi connectivity index (χ4v) is 4.49. The molecule has 194 valence electrons. The van der Waals surface area contributed by atoms with Crippen molar-refractivity contribution in [2.45, 2.75) is 43.1 Å². The van der Waals surface area contributed by atoms with Crippen molar-refractivity contribution in [2.75, 3.05) is 19.0 Å². The number of rotatable bonds is 11. The number of benzene rings is 2. The highest BCUT2D eigenvalue weighted by atomic mass is 32.2. The Bertz CT molecular complexity index is 1330. The van der Waals surface area contributed by atoms with E-state index in [0.29, 0.717) is 24.2 Å². The van der Waals surface area contributed by atoms with Crippen LogP contribution in [-0.4, -0.2) is 44.8 Å². The van der Waals surface area contributed by atoms with Crippen LogP contribution in [0.4, 0.5) is 19.0 Å². The quantitative estimate of drug-likeness (QED) is 0.233. The Morgan fingerprint density at radius 1 is 1.08 bits per heavy atom. The molecule has 3 N–H and O–H groups in total. The lowest BCUT2D eigenvalue weighted by Crippen LogP contribution is -2.21. The molecule has 4 rings (SSSR count). The lowest BCUT2D eigenvalue weighted by molar-refractivity contribution is 0.344. The predicted octanol–water partition coefficient (Wildman–Crippen LogP) is 5.87. The number of nitrogens with two attached hydrogens (primary N) is 1. The Morgan fingerprint density at radius 3 is 2.54 bits per heavy atom. The lowest BCUT2D eigenvalue weighted by Gasteiger charge is -2.09. The number of aromatic nitrogens is 4. The van der Waals surface area contributed by atoms with Crippen molar-refractivity contribution in [3.8, 4) is 34.3 Å². The van der Waals surface area contributed by atoms with Gasteiger partial charge in [-0.3, -0.25) is 4.39 Å². The van der Waals surface area contributed by atoms with Gasteiger partial charge in [-0.15, -0.1) is 22.0 Å². The van der Waals surface area contributed by atoms with Gasteiger partial charge in [0.2, 0.25) is 0 Å². The molecule has 2 atom stereocenters. The Kier molecular flexibility index (Phi) is 8.78. The molecule has 0 aliphatic carbocycles. The summed E-state index contributed by atoms with van der Waals surface area (Å²) in [4.78, 5) is 9.79. The normalized spacial score (nSPS) is 13.0. The van der Waals surface area contributed by atoms with Crippen LogP contribution < -0.4 is 11.1 Å². The first kappa shape index (κ1) is 26.6. The number of hydrogen-bond donors (Lipinski definition) is 2.